The molecule has 0 N–H and O–H groups in total. The maximum atomic E-state index is 14.4. The predicted molar refractivity (Wildman–Crippen MR) is 96.7 cm³/mol. The minimum atomic E-state index is -4.28. The van der Waals surface area contributed by atoms with Crippen LogP contribution in [0.3, 0.4) is 0 Å². The fourth-order valence-corrected chi connectivity index (χ4v) is 2.84. The third-order valence-corrected chi connectivity index (χ3v) is 4.31. The fourth-order valence-electron chi connectivity index (χ4n) is 2.84. The number of hydrogen-bond donors (Lipinski definition) is 0. The van der Waals surface area contributed by atoms with Crippen LogP contribution >= 0.6 is 0 Å². The lowest BCUT2D eigenvalue weighted by Gasteiger charge is -2.19. The third kappa shape index (κ3) is 4.55. The molecule has 3 rings (SSSR count). The average molecular weight is 410 g/mol. The van der Waals surface area contributed by atoms with E-state index in [-0.39, 0.29) is 11.6 Å². The minimum absolute atomic E-state index is 0.145. The van der Waals surface area contributed by atoms with Gasteiger partial charge in [-0.25, -0.2) is 17.6 Å². The van der Waals surface area contributed by atoms with Crippen molar-refractivity contribution >= 4 is 0 Å². The van der Waals surface area contributed by atoms with Gasteiger partial charge in [0.05, 0.1) is 5.56 Å². The Bertz CT molecular complexity index is 991. The highest BCUT2D eigenvalue weighted by atomic mass is 19.3. The summed E-state index contributed by atoms with van der Waals surface area (Å²) in [5, 5.41) is 0. The van der Waals surface area contributed by atoms with Gasteiger partial charge in [-0.3, -0.25) is 0 Å². The van der Waals surface area contributed by atoms with Crippen LogP contribution in [-0.4, -0.2) is 0 Å². The summed E-state index contributed by atoms with van der Waals surface area (Å²) in [6.45, 7) is 2.02. The smallest absolute Gasteiger partial charge is 0.423 e. The number of halogens is 6. The SMILES string of the molecule is CCCc1ccc(-c2cc(F)c(OC(F)(F)c3ccc(F)c(F)c3)c(F)c2)cc1. The van der Waals surface area contributed by atoms with Gasteiger partial charge in [-0.2, -0.15) is 8.78 Å². The number of ether oxygens (including phenoxy) is 1. The zero-order valence-corrected chi connectivity index (χ0v) is 15.3. The Balaban J connectivity index is 1.90. The molecule has 0 saturated carbocycles. The molecule has 0 unspecified atom stereocenters. The second-order valence-corrected chi connectivity index (χ2v) is 6.46. The lowest BCUT2D eigenvalue weighted by Crippen LogP contribution is -2.23. The van der Waals surface area contributed by atoms with Crippen LogP contribution in [0.5, 0.6) is 5.75 Å². The van der Waals surface area contributed by atoms with Crippen molar-refractivity contribution in [3.8, 4) is 16.9 Å². The standard InChI is InChI=1S/C22H16F6O/c1-2-3-13-4-6-14(7-5-13)15-10-19(25)21(20(26)11-15)29-22(27,28)16-8-9-17(23)18(24)12-16/h4-12H,2-3H2,1H3. The minimum Gasteiger partial charge on any atom is -0.423 e. The van der Waals surface area contributed by atoms with Gasteiger partial charge in [0, 0.05) is 0 Å². The molecule has 29 heavy (non-hydrogen) atoms. The summed E-state index contributed by atoms with van der Waals surface area (Å²) >= 11 is 0. The number of aryl methyl sites for hydroxylation is 1. The van der Waals surface area contributed by atoms with Gasteiger partial charge in [0.1, 0.15) is 0 Å². The van der Waals surface area contributed by atoms with Crippen molar-refractivity contribution in [1.29, 1.82) is 0 Å². The van der Waals surface area contributed by atoms with Crippen molar-refractivity contribution in [1.82, 2.24) is 0 Å². The first-order valence-corrected chi connectivity index (χ1v) is 8.82. The molecule has 3 aromatic rings. The molecule has 0 heterocycles. The van der Waals surface area contributed by atoms with E-state index in [1.54, 1.807) is 12.1 Å². The van der Waals surface area contributed by atoms with Crippen LogP contribution in [0.1, 0.15) is 24.5 Å². The molecule has 3 aromatic carbocycles. The molecule has 1 nitrogen and oxygen atoms in total. The van der Waals surface area contributed by atoms with Gasteiger partial charge in [0.25, 0.3) is 0 Å². The molecule has 0 spiro atoms. The van der Waals surface area contributed by atoms with Crippen LogP contribution in [-0.2, 0) is 12.5 Å². The average Bonchev–Trinajstić information content (AvgIpc) is 2.67. The van der Waals surface area contributed by atoms with Crippen LogP contribution < -0.4 is 4.74 Å². The van der Waals surface area contributed by atoms with E-state index in [2.05, 4.69) is 4.74 Å². The predicted octanol–water partition coefficient (Wildman–Crippen LogP) is 6.99. The second-order valence-electron chi connectivity index (χ2n) is 6.46. The molecule has 0 aromatic heterocycles. The molecule has 7 heteroatoms. The first-order chi connectivity index (χ1) is 13.7. The van der Waals surface area contributed by atoms with E-state index in [9.17, 15) is 26.3 Å². The molecule has 152 valence electrons. The van der Waals surface area contributed by atoms with E-state index < -0.39 is 40.7 Å². The maximum absolute atomic E-state index is 14.4. The summed E-state index contributed by atoms with van der Waals surface area (Å²) in [5.41, 5.74) is 0.627. The largest absolute Gasteiger partial charge is 0.427 e. The van der Waals surface area contributed by atoms with Crippen molar-refractivity contribution in [2.45, 2.75) is 25.9 Å². The normalized spacial score (nSPS) is 11.6. The van der Waals surface area contributed by atoms with Crippen LogP contribution in [0.4, 0.5) is 26.3 Å². The first kappa shape index (κ1) is 20.8. The Kier molecular flexibility index (Phi) is 5.86. The summed E-state index contributed by atoms with van der Waals surface area (Å²) in [5.74, 6) is -6.88. The third-order valence-electron chi connectivity index (χ3n) is 4.31. The van der Waals surface area contributed by atoms with Crippen LogP contribution in [0.2, 0.25) is 0 Å². The monoisotopic (exact) mass is 410 g/mol. The van der Waals surface area contributed by atoms with Gasteiger partial charge in [-0.1, -0.05) is 37.6 Å². The van der Waals surface area contributed by atoms with Gasteiger partial charge < -0.3 is 4.74 Å². The van der Waals surface area contributed by atoms with Crippen molar-refractivity contribution in [2.75, 3.05) is 0 Å². The number of alkyl halides is 2. The lowest BCUT2D eigenvalue weighted by molar-refractivity contribution is -0.188. The molecular weight excluding hydrogens is 394 g/mol. The molecule has 0 aliphatic rings. The van der Waals surface area contributed by atoms with Crippen LogP contribution in [0.15, 0.2) is 54.6 Å². The Morgan fingerprint density at radius 1 is 0.724 bits per heavy atom. The van der Waals surface area contributed by atoms with Crippen molar-refractivity contribution < 1.29 is 31.1 Å². The Labute approximate surface area is 163 Å². The van der Waals surface area contributed by atoms with E-state index in [4.69, 9.17) is 0 Å². The zero-order chi connectivity index (χ0) is 21.2. The maximum Gasteiger partial charge on any atom is 0.427 e. The molecule has 0 radical (unpaired) electrons. The summed E-state index contributed by atoms with van der Waals surface area (Å²) in [6.07, 6.45) is -2.48. The molecule has 0 saturated heterocycles. The van der Waals surface area contributed by atoms with E-state index in [1.165, 1.54) is 0 Å². The zero-order valence-electron chi connectivity index (χ0n) is 15.3. The Morgan fingerprint density at radius 3 is 1.90 bits per heavy atom. The van der Waals surface area contributed by atoms with E-state index in [1.807, 2.05) is 19.1 Å². The van der Waals surface area contributed by atoms with Crippen LogP contribution in [0.25, 0.3) is 11.1 Å². The highest BCUT2D eigenvalue weighted by Crippen LogP contribution is 2.36. The van der Waals surface area contributed by atoms with Crippen molar-refractivity contribution in [2.24, 2.45) is 0 Å². The molecule has 0 fully saturated rings. The summed E-state index contributed by atoms with van der Waals surface area (Å²) in [7, 11) is 0. The van der Waals surface area contributed by atoms with Crippen molar-refractivity contribution in [3.05, 3.63) is 89.0 Å². The van der Waals surface area contributed by atoms with Gasteiger partial charge in [0.15, 0.2) is 29.0 Å². The van der Waals surface area contributed by atoms with Gasteiger partial charge in [-0.05, 0) is 53.4 Å². The summed E-state index contributed by atoms with van der Waals surface area (Å²) in [6, 6.07) is 9.97. The van der Waals surface area contributed by atoms with Gasteiger partial charge in [0.2, 0.25) is 0 Å². The molecule has 0 bridgehead atoms. The summed E-state index contributed by atoms with van der Waals surface area (Å²) < 4.78 is 87.5. The quantitative estimate of drug-likeness (QED) is 0.398. The topological polar surface area (TPSA) is 9.23 Å². The molecule has 0 amide bonds. The highest BCUT2D eigenvalue weighted by Gasteiger charge is 2.37. The Morgan fingerprint density at radius 2 is 1.34 bits per heavy atom. The number of rotatable bonds is 6. The second kappa shape index (κ2) is 8.19. The fraction of sp³-hybridized carbons (Fsp3) is 0.182. The lowest BCUT2D eigenvalue weighted by atomic mass is 10.0. The van der Waals surface area contributed by atoms with Crippen LogP contribution in [0, 0.1) is 23.3 Å². The van der Waals surface area contributed by atoms with E-state index in [0.717, 1.165) is 30.5 Å². The van der Waals surface area contributed by atoms with Gasteiger partial charge >= 0.3 is 6.11 Å². The number of hydrogen-bond acceptors (Lipinski definition) is 1. The van der Waals surface area contributed by atoms with Crippen molar-refractivity contribution in [3.63, 3.8) is 0 Å². The molecule has 0 aliphatic heterocycles. The van der Waals surface area contributed by atoms with E-state index >= 15 is 0 Å². The van der Waals surface area contributed by atoms with E-state index in [0.29, 0.717) is 17.7 Å². The Hall–Kier alpha value is -2.96. The first-order valence-electron chi connectivity index (χ1n) is 8.82. The molecule has 0 aliphatic carbocycles. The number of benzene rings is 3. The van der Waals surface area contributed by atoms with Gasteiger partial charge in [-0.15, -0.1) is 0 Å². The highest BCUT2D eigenvalue weighted by molar-refractivity contribution is 5.65. The molecule has 0 atom stereocenters. The summed E-state index contributed by atoms with van der Waals surface area (Å²) in [4.78, 5) is 0. The molecular formula is C22H16F6O.